The van der Waals surface area contributed by atoms with Crippen molar-refractivity contribution in [2.24, 2.45) is 11.8 Å². The lowest BCUT2D eigenvalue weighted by Gasteiger charge is -2.36. The van der Waals surface area contributed by atoms with Gasteiger partial charge in [0.15, 0.2) is 0 Å². The molecule has 1 heterocycles. The van der Waals surface area contributed by atoms with Crippen LogP contribution in [0.15, 0.2) is 0 Å². The molecule has 0 aliphatic carbocycles. The zero-order valence-electron chi connectivity index (χ0n) is 13.3. The van der Waals surface area contributed by atoms with Gasteiger partial charge in [-0.1, -0.05) is 0 Å². The second kappa shape index (κ2) is 6.78. The molecule has 0 aromatic rings. The van der Waals surface area contributed by atoms with Crippen molar-refractivity contribution < 1.29 is 23.9 Å². The molecular weight excluding hydrogens is 276 g/mol. The van der Waals surface area contributed by atoms with Gasteiger partial charge in [0.1, 0.15) is 5.60 Å². The first kappa shape index (κ1) is 17.3. The van der Waals surface area contributed by atoms with Crippen LogP contribution in [0.1, 0.15) is 27.2 Å². The number of methoxy groups -OCH3 is 1. The molecule has 120 valence electrons. The highest BCUT2D eigenvalue weighted by Gasteiger charge is 2.38. The Morgan fingerprint density at radius 2 is 1.71 bits per heavy atom. The maximum atomic E-state index is 12.1. The molecule has 2 amide bonds. The third kappa shape index (κ3) is 4.91. The van der Waals surface area contributed by atoms with Crippen LogP contribution >= 0.6 is 0 Å². The minimum Gasteiger partial charge on any atom is -0.469 e. The van der Waals surface area contributed by atoms with E-state index in [2.05, 4.69) is 5.32 Å². The summed E-state index contributed by atoms with van der Waals surface area (Å²) in [5, 5.41) is 2.55. The van der Waals surface area contributed by atoms with Crippen molar-refractivity contribution in [1.29, 1.82) is 0 Å². The number of nitrogens with zero attached hydrogens (tertiary/aromatic N) is 1. The van der Waals surface area contributed by atoms with Crippen LogP contribution in [0.25, 0.3) is 0 Å². The number of nitrogens with one attached hydrogen (secondary N) is 1. The summed E-state index contributed by atoms with van der Waals surface area (Å²) in [6.45, 7) is 5.74. The number of hydrogen-bond acceptors (Lipinski definition) is 5. The fourth-order valence-electron chi connectivity index (χ4n) is 2.31. The molecule has 0 unspecified atom stereocenters. The first-order valence-electron chi connectivity index (χ1n) is 6.95. The molecule has 1 rings (SSSR count). The molecule has 0 saturated carbocycles. The maximum Gasteiger partial charge on any atom is 0.410 e. The van der Waals surface area contributed by atoms with E-state index in [1.54, 1.807) is 20.8 Å². The number of amides is 2. The van der Waals surface area contributed by atoms with Crippen LogP contribution in [0, 0.1) is 11.8 Å². The Morgan fingerprint density at radius 3 is 2.19 bits per heavy atom. The van der Waals surface area contributed by atoms with Crippen LogP contribution in [-0.4, -0.2) is 55.7 Å². The molecule has 7 nitrogen and oxygen atoms in total. The quantitative estimate of drug-likeness (QED) is 0.762. The van der Waals surface area contributed by atoms with Gasteiger partial charge in [-0.2, -0.15) is 0 Å². The summed E-state index contributed by atoms with van der Waals surface area (Å²) in [6.07, 6.45) is -0.156. The van der Waals surface area contributed by atoms with Gasteiger partial charge in [-0.05, 0) is 27.2 Å². The number of carbonyl (C=O) groups excluding carboxylic acids is 3. The second-order valence-electron chi connectivity index (χ2n) is 6.15. The number of likely N-dealkylation sites (tertiary alicyclic amines) is 1. The fourth-order valence-corrected chi connectivity index (χ4v) is 2.31. The van der Waals surface area contributed by atoms with E-state index in [-0.39, 0.29) is 19.0 Å². The summed E-state index contributed by atoms with van der Waals surface area (Å²) in [7, 11) is 2.82. The summed E-state index contributed by atoms with van der Waals surface area (Å²) in [6, 6.07) is 0. The molecule has 1 fully saturated rings. The predicted octanol–water partition coefficient (Wildman–Crippen LogP) is 0.779. The lowest BCUT2D eigenvalue weighted by Crippen LogP contribution is -2.51. The van der Waals surface area contributed by atoms with E-state index >= 15 is 0 Å². The summed E-state index contributed by atoms with van der Waals surface area (Å²) in [4.78, 5) is 37.1. The van der Waals surface area contributed by atoms with Gasteiger partial charge in [0, 0.05) is 20.1 Å². The first-order chi connectivity index (χ1) is 9.67. The predicted molar refractivity (Wildman–Crippen MR) is 75.5 cm³/mol. The molecule has 0 radical (unpaired) electrons. The lowest BCUT2D eigenvalue weighted by atomic mass is 9.88. The highest BCUT2D eigenvalue weighted by molar-refractivity contribution is 5.82. The second-order valence-corrected chi connectivity index (χ2v) is 6.15. The van der Waals surface area contributed by atoms with Gasteiger partial charge in [-0.15, -0.1) is 0 Å². The molecule has 7 heteroatoms. The SMILES string of the molecule is CNC(=O)[C@H]1C[C@@H](C(=O)OC)CN(C(=O)OC(C)(C)C)C1. The Morgan fingerprint density at radius 1 is 1.14 bits per heavy atom. The van der Waals surface area contributed by atoms with Crippen molar-refractivity contribution in [2.75, 3.05) is 27.2 Å². The van der Waals surface area contributed by atoms with Gasteiger partial charge >= 0.3 is 12.1 Å². The van der Waals surface area contributed by atoms with E-state index in [0.29, 0.717) is 6.42 Å². The van der Waals surface area contributed by atoms with Crippen molar-refractivity contribution in [3.63, 3.8) is 0 Å². The minimum atomic E-state index is -0.627. The zero-order valence-corrected chi connectivity index (χ0v) is 13.3. The van der Waals surface area contributed by atoms with Crippen molar-refractivity contribution in [1.82, 2.24) is 10.2 Å². The number of ether oxygens (including phenoxy) is 2. The van der Waals surface area contributed by atoms with Crippen molar-refractivity contribution >= 4 is 18.0 Å². The number of piperidine rings is 1. The third-order valence-electron chi connectivity index (χ3n) is 3.25. The lowest BCUT2D eigenvalue weighted by molar-refractivity contribution is -0.148. The Hall–Kier alpha value is -1.79. The molecule has 1 aliphatic rings. The fraction of sp³-hybridized carbons (Fsp3) is 0.786. The molecule has 0 spiro atoms. The standard InChI is InChI=1S/C14H24N2O5/c1-14(2,3)21-13(19)16-7-9(11(17)15-4)6-10(8-16)12(18)20-5/h9-10H,6-8H2,1-5H3,(H,15,17)/t9-,10+/m0/s1. The van der Waals surface area contributed by atoms with E-state index in [1.165, 1.54) is 19.1 Å². The van der Waals surface area contributed by atoms with Crippen LogP contribution in [0.5, 0.6) is 0 Å². The van der Waals surface area contributed by atoms with Crippen LogP contribution in [-0.2, 0) is 19.1 Å². The number of hydrogen-bond donors (Lipinski definition) is 1. The number of rotatable bonds is 2. The maximum absolute atomic E-state index is 12.1. The molecule has 0 aromatic heterocycles. The van der Waals surface area contributed by atoms with Gasteiger partial charge in [-0.3, -0.25) is 9.59 Å². The Balaban J connectivity index is 2.85. The summed E-state index contributed by atoms with van der Waals surface area (Å²) >= 11 is 0. The van der Waals surface area contributed by atoms with Gasteiger partial charge in [0.05, 0.1) is 18.9 Å². The van der Waals surface area contributed by atoms with Crippen molar-refractivity contribution in [2.45, 2.75) is 32.8 Å². The molecule has 21 heavy (non-hydrogen) atoms. The summed E-state index contributed by atoms with van der Waals surface area (Å²) in [5.74, 6) is -1.58. The van der Waals surface area contributed by atoms with E-state index in [0.717, 1.165) is 0 Å². The van der Waals surface area contributed by atoms with Gasteiger partial charge in [-0.25, -0.2) is 4.79 Å². The van der Waals surface area contributed by atoms with Gasteiger partial charge in [0.25, 0.3) is 0 Å². The van der Waals surface area contributed by atoms with Crippen molar-refractivity contribution in [3.05, 3.63) is 0 Å². The highest BCUT2D eigenvalue weighted by Crippen LogP contribution is 2.24. The van der Waals surface area contributed by atoms with Gasteiger partial charge < -0.3 is 19.7 Å². The monoisotopic (exact) mass is 300 g/mol. The molecule has 0 bridgehead atoms. The third-order valence-corrected chi connectivity index (χ3v) is 3.25. The van der Waals surface area contributed by atoms with Crippen LogP contribution < -0.4 is 5.32 Å². The Labute approximate surface area is 124 Å². The molecular formula is C14H24N2O5. The van der Waals surface area contributed by atoms with Crippen LogP contribution in [0.2, 0.25) is 0 Å². The smallest absolute Gasteiger partial charge is 0.410 e. The van der Waals surface area contributed by atoms with Crippen LogP contribution in [0.3, 0.4) is 0 Å². The number of carbonyl (C=O) groups is 3. The first-order valence-corrected chi connectivity index (χ1v) is 6.95. The molecule has 2 atom stereocenters. The summed E-state index contributed by atoms with van der Waals surface area (Å²) in [5.41, 5.74) is -0.627. The Kier molecular flexibility index (Phi) is 5.57. The summed E-state index contributed by atoms with van der Waals surface area (Å²) < 4.78 is 10.0. The average Bonchev–Trinajstić information content (AvgIpc) is 2.43. The van der Waals surface area contributed by atoms with E-state index in [9.17, 15) is 14.4 Å². The normalized spacial score (nSPS) is 22.4. The van der Waals surface area contributed by atoms with Gasteiger partial charge in [0.2, 0.25) is 5.91 Å². The largest absolute Gasteiger partial charge is 0.469 e. The zero-order chi connectivity index (χ0) is 16.2. The minimum absolute atomic E-state index is 0.197. The van der Waals surface area contributed by atoms with E-state index < -0.39 is 29.5 Å². The number of esters is 1. The van der Waals surface area contributed by atoms with E-state index in [1.807, 2.05) is 0 Å². The molecule has 1 aliphatic heterocycles. The topological polar surface area (TPSA) is 84.9 Å². The van der Waals surface area contributed by atoms with Crippen LogP contribution in [0.4, 0.5) is 4.79 Å². The highest BCUT2D eigenvalue weighted by atomic mass is 16.6. The molecule has 1 N–H and O–H groups in total. The molecule has 0 aromatic carbocycles. The molecule has 1 saturated heterocycles. The Bertz CT molecular complexity index is 392. The average molecular weight is 300 g/mol. The van der Waals surface area contributed by atoms with Crippen molar-refractivity contribution in [3.8, 4) is 0 Å². The van der Waals surface area contributed by atoms with E-state index in [4.69, 9.17) is 9.47 Å².